The average molecular weight is 440 g/mol. The molecule has 3 rings (SSSR count). The molecule has 2 aromatic carbocycles. The van der Waals surface area contributed by atoms with E-state index in [9.17, 15) is 23.1 Å². The highest BCUT2D eigenvalue weighted by Crippen LogP contribution is 2.19. The van der Waals surface area contributed by atoms with Crippen molar-refractivity contribution in [2.45, 2.75) is 44.4 Å². The summed E-state index contributed by atoms with van der Waals surface area (Å²) in [6.07, 6.45) is 2.26. The molecular formula is C21H21ClF3N3O2. The summed E-state index contributed by atoms with van der Waals surface area (Å²) in [7, 11) is 0. The van der Waals surface area contributed by atoms with Crippen LogP contribution >= 0.6 is 11.6 Å². The van der Waals surface area contributed by atoms with Gasteiger partial charge in [-0.1, -0.05) is 17.7 Å². The molecule has 2 aromatic rings. The maximum Gasteiger partial charge on any atom is 0.258 e. The number of guanidine groups is 1. The Morgan fingerprint density at radius 1 is 1.03 bits per heavy atom. The van der Waals surface area contributed by atoms with Crippen molar-refractivity contribution in [1.82, 2.24) is 10.6 Å². The second-order valence-corrected chi connectivity index (χ2v) is 7.55. The van der Waals surface area contributed by atoms with Crippen LogP contribution in [0.3, 0.4) is 0 Å². The molecule has 1 amide bonds. The maximum absolute atomic E-state index is 13.5. The fourth-order valence-electron chi connectivity index (χ4n) is 3.16. The number of nitrogens with zero attached hydrogens (tertiary/aromatic N) is 1. The van der Waals surface area contributed by atoms with Crippen LogP contribution < -0.4 is 10.6 Å². The molecule has 30 heavy (non-hydrogen) atoms. The van der Waals surface area contributed by atoms with Crippen molar-refractivity contribution in [3.8, 4) is 0 Å². The molecule has 1 aliphatic carbocycles. The Balaban J connectivity index is 1.76. The molecule has 1 aliphatic rings. The highest BCUT2D eigenvalue weighted by atomic mass is 35.5. The lowest BCUT2D eigenvalue weighted by Gasteiger charge is -2.27. The molecule has 0 saturated heterocycles. The van der Waals surface area contributed by atoms with Crippen LogP contribution in [0.25, 0.3) is 0 Å². The summed E-state index contributed by atoms with van der Waals surface area (Å²) in [5.74, 6) is -3.24. The van der Waals surface area contributed by atoms with Gasteiger partial charge in [-0.15, -0.1) is 0 Å². The number of amides is 1. The molecule has 0 aliphatic heterocycles. The molecule has 3 N–H and O–H groups in total. The smallest absolute Gasteiger partial charge is 0.258 e. The summed E-state index contributed by atoms with van der Waals surface area (Å²) in [6.45, 7) is 0.107. The van der Waals surface area contributed by atoms with Crippen LogP contribution in [0.2, 0.25) is 5.02 Å². The Kier molecular flexibility index (Phi) is 7.33. The third kappa shape index (κ3) is 5.96. The van der Waals surface area contributed by atoms with E-state index < -0.39 is 23.4 Å². The van der Waals surface area contributed by atoms with Crippen LogP contribution in [-0.4, -0.2) is 29.1 Å². The first-order valence-electron chi connectivity index (χ1n) is 9.51. The lowest BCUT2D eigenvalue weighted by atomic mass is 9.93. The van der Waals surface area contributed by atoms with Crippen molar-refractivity contribution in [1.29, 1.82) is 0 Å². The van der Waals surface area contributed by atoms with Gasteiger partial charge in [-0.3, -0.25) is 10.1 Å². The second kappa shape index (κ2) is 9.95. The lowest BCUT2D eigenvalue weighted by molar-refractivity contribution is 0.0972. The number of carbonyl (C=O) groups is 1. The monoisotopic (exact) mass is 439 g/mol. The van der Waals surface area contributed by atoms with Crippen molar-refractivity contribution in [2.75, 3.05) is 0 Å². The van der Waals surface area contributed by atoms with Gasteiger partial charge in [-0.2, -0.15) is 0 Å². The topological polar surface area (TPSA) is 73.7 Å². The average Bonchev–Trinajstić information content (AvgIpc) is 2.72. The van der Waals surface area contributed by atoms with Gasteiger partial charge in [0, 0.05) is 11.6 Å². The number of hydrogen-bond donors (Lipinski definition) is 3. The highest BCUT2D eigenvalue weighted by Gasteiger charge is 2.21. The summed E-state index contributed by atoms with van der Waals surface area (Å²) >= 11 is 5.79. The lowest BCUT2D eigenvalue weighted by Crippen LogP contribution is -2.47. The van der Waals surface area contributed by atoms with Gasteiger partial charge < -0.3 is 10.4 Å². The zero-order valence-corrected chi connectivity index (χ0v) is 16.7. The first-order chi connectivity index (χ1) is 14.3. The molecule has 0 atom stereocenters. The van der Waals surface area contributed by atoms with Gasteiger partial charge >= 0.3 is 0 Å². The molecule has 0 radical (unpaired) electrons. The number of hydrogen-bond acceptors (Lipinski definition) is 3. The fourth-order valence-corrected chi connectivity index (χ4v) is 3.36. The Labute approximate surface area is 177 Å². The van der Waals surface area contributed by atoms with Gasteiger partial charge in [-0.25, -0.2) is 18.2 Å². The number of carbonyl (C=O) groups excluding carboxylic acids is 1. The molecule has 0 unspecified atom stereocenters. The number of rotatable bonds is 4. The Morgan fingerprint density at radius 3 is 2.40 bits per heavy atom. The van der Waals surface area contributed by atoms with Crippen molar-refractivity contribution in [3.63, 3.8) is 0 Å². The van der Waals surface area contributed by atoms with Crippen molar-refractivity contribution in [2.24, 2.45) is 4.99 Å². The predicted molar refractivity (Wildman–Crippen MR) is 108 cm³/mol. The third-order valence-corrected chi connectivity index (χ3v) is 5.14. The minimum absolute atomic E-state index is 0.0193. The molecule has 5 nitrogen and oxygen atoms in total. The van der Waals surface area contributed by atoms with Crippen molar-refractivity contribution in [3.05, 3.63) is 70.0 Å². The summed E-state index contributed by atoms with van der Waals surface area (Å²) in [4.78, 5) is 16.8. The Morgan fingerprint density at radius 2 is 1.73 bits per heavy atom. The van der Waals surface area contributed by atoms with E-state index in [2.05, 4.69) is 15.6 Å². The summed E-state index contributed by atoms with van der Waals surface area (Å²) in [5, 5.41) is 15.3. The SMILES string of the molecule is O=C(NC(=NCc1ccc(F)c(Cl)c1)NC1CCC(O)CC1)c1ccc(F)c(F)c1. The van der Waals surface area contributed by atoms with Gasteiger partial charge in [0.25, 0.3) is 5.91 Å². The summed E-state index contributed by atoms with van der Waals surface area (Å²) in [6, 6.07) is 7.01. The zero-order chi connectivity index (χ0) is 21.7. The molecule has 0 aromatic heterocycles. The van der Waals surface area contributed by atoms with Crippen LogP contribution in [0.1, 0.15) is 41.6 Å². The zero-order valence-electron chi connectivity index (χ0n) is 16.0. The van der Waals surface area contributed by atoms with Crippen LogP contribution in [0.4, 0.5) is 13.2 Å². The maximum atomic E-state index is 13.5. The van der Waals surface area contributed by atoms with Gasteiger partial charge in [0.1, 0.15) is 5.82 Å². The molecule has 160 valence electrons. The second-order valence-electron chi connectivity index (χ2n) is 7.15. The van der Waals surface area contributed by atoms with E-state index in [1.54, 1.807) is 0 Å². The number of halogens is 4. The van der Waals surface area contributed by atoms with Gasteiger partial charge in [0.05, 0.1) is 17.7 Å². The van der Waals surface area contributed by atoms with Crippen LogP contribution in [0.5, 0.6) is 0 Å². The van der Waals surface area contributed by atoms with Gasteiger partial charge in [0.15, 0.2) is 17.6 Å². The summed E-state index contributed by atoms with van der Waals surface area (Å²) in [5.41, 5.74) is 0.564. The van der Waals surface area contributed by atoms with Crippen LogP contribution in [0, 0.1) is 17.5 Å². The van der Waals surface area contributed by atoms with E-state index in [-0.39, 0.29) is 35.2 Å². The van der Waals surface area contributed by atoms with Crippen LogP contribution in [-0.2, 0) is 6.54 Å². The van der Waals surface area contributed by atoms with E-state index in [0.717, 1.165) is 12.1 Å². The largest absolute Gasteiger partial charge is 0.393 e. The number of benzene rings is 2. The van der Waals surface area contributed by atoms with Crippen molar-refractivity contribution >= 4 is 23.5 Å². The van der Waals surface area contributed by atoms with Crippen LogP contribution in [0.15, 0.2) is 41.4 Å². The predicted octanol–water partition coefficient (Wildman–Crippen LogP) is 3.94. The highest BCUT2D eigenvalue weighted by molar-refractivity contribution is 6.30. The minimum Gasteiger partial charge on any atom is -0.393 e. The number of aliphatic imine (C=N–C) groups is 1. The van der Waals surface area contributed by atoms with Gasteiger partial charge in [-0.05, 0) is 61.6 Å². The first kappa shape index (κ1) is 22.1. The Hall–Kier alpha value is -2.58. The molecule has 9 heteroatoms. The van der Waals surface area contributed by atoms with Gasteiger partial charge in [0.2, 0.25) is 0 Å². The van der Waals surface area contributed by atoms with E-state index in [0.29, 0.717) is 31.2 Å². The van der Waals surface area contributed by atoms with Crippen molar-refractivity contribution < 1.29 is 23.1 Å². The third-order valence-electron chi connectivity index (χ3n) is 4.86. The molecule has 1 saturated carbocycles. The Bertz CT molecular complexity index is 947. The first-order valence-corrected chi connectivity index (χ1v) is 9.89. The molecular weight excluding hydrogens is 419 g/mol. The standard InChI is InChI=1S/C21H21ClF3N3O2/c22-16-9-12(1-7-17(16)23)11-26-21(27-14-3-5-15(29)6-4-14)28-20(30)13-2-8-18(24)19(25)10-13/h1-2,7-10,14-15,29H,3-6,11H2,(H2,26,27,28,30). The number of nitrogens with one attached hydrogen (secondary N) is 2. The molecule has 0 heterocycles. The normalized spacial score (nSPS) is 19.4. The van der Waals surface area contributed by atoms with E-state index >= 15 is 0 Å². The number of aliphatic hydroxyl groups excluding tert-OH is 1. The molecule has 0 bridgehead atoms. The molecule has 0 spiro atoms. The fraction of sp³-hybridized carbons (Fsp3) is 0.333. The van der Waals surface area contributed by atoms with E-state index in [1.165, 1.54) is 24.3 Å². The number of aliphatic hydroxyl groups is 1. The van der Waals surface area contributed by atoms with E-state index in [1.807, 2.05) is 0 Å². The summed E-state index contributed by atoms with van der Waals surface area (Å²) < 4.78 is 39.9. The minimum atomic E-state index is -1.13. The van der Waals surface area contributed by atoms with E-state index in [4.69, 9.17) is 11.6 Å². The quantitative estimate of drug-likeness (QED) is 0.499. The molecule has 1 fully saturated rings.